The summed E-state index contributed by atoms with van der Waals surface area (Å²) in [6, 6.07) is 7.53. The maximum atomic E-state index is 14.1. The van der Waals surface area contributed by atoms with E-state index in [0.717, 1.165) is 22.2 Å². The van der Waals surface area contributed by atoms with E-state index >= 15 is 0 Å². The Morgan fingerprint density at radius 3 is 2.33 bits per heavy atom. The zero-order chi connectivity index (χ0) is 13.5. The van der Waals surface area contributed by atoms with E-state index in [9.17, 15) is 4.39 Å². The number of halogens is 1. The van der Waals surface area contributed by atoms with Gasteiger partial charge in [-0.25, -0.2) is 4.39 Å². The molecule has 2 heteroatoms. The third kappa shape index (κ3) is 2.38. The SMILES string of the molecule is CC(C)c1ccc2cc(C(C)(C)C)c(F)cc2n1. The van der Waals surface area contributed by atoms with Gasteiger partial charge in [-0.15, -0.1) is 0 Å². The summed E-state index contributed by atoms with van der Waals surface area (Å²) in [5, 5.41) is 1.01. The van der Waals surface area contributed by atoms with Gasteiger partial charge >= 0.3 is 0 Å². The summed E-state index contributed by atoms with van der Waals surface area (Å²) in [6.45, 7) is 10.2. The highest BCUT2D eigenvalue weighted by atomic mass is 19.1. The molecular formula is C16H20FN. The summed E-state index contributed by atoms with van der Waals surface area (Å²) in [7, 11) is 0. The van der Waals surface area contributed by atoms with E-state index < -0.39 is 0 Å². The Labute approximate surface area is 108 Å². The molecule has 1 aromatic carbocycles. The molecule has 0 fully saturated rings. The fourth-order valence-electron chi connectivity index (χ4n) is 2.06. The Hall–Kier alpha value is -1.44. The molecule has 1 aromatic heterocycles. The van der Waals surface area contributed by atoms with Gasteiger partial charge in [-0.1, -0.05) is 40.7 Å². The third-order valence-electron chi connectivity index (χ3n) is 3.20. The molecule has 2 rings (SSSR count). The van der Waals surface area contributed by atoms with Gasteiger partial charge in [0.1, 0.15) is 5.82 Å². The average Bonchev–Trinajstić information content (AvgIpc) is 2.25. The Bertz CT molecular complexity index is 579. The van der Waals surface area contributed by atoms with Crippen LogP contribution in [0.3, 0.4) is 0 Å². The van der Waals surface area contributed by atoms with E-state index in [1.54, 1.807) is 6.07 Å². The highest BCUT2D eigenvalue weighted by Crippen LogP contribution is 2.29. The van der Waals surface area contributed by atoms with Crippen molar-refractivity contribution in [3.8, 4) is 0 Å². The molecular weight excluding hydrogens is 225 g/mol. The van der Waals surface area contributed by atoms with Crippen LogP contribution in [-0.4, -0.2) is 4.98 Å². The lowest BCUT2D eigenvalue weighted by Gasteiger charge is -2.20. The van der Waals surface area contributed by atoms with Crippen molar-refractivity contribution in [3.63, 3.8) is 0 Å². The van der Waals surface area contributed by atoms with Crippen LogP contribution in [0.1, 0.15) is 51.8 Å². The second-order valence-corrected chi connectivity index (χ2v) is 6.17. The molecule has 1 nitrogen and oxygen atoms in total. The predicted molar refractivity (Wildman–Crippen MR) is 74.5 cm³/mol. The first-order valence-electron chi connectivity index (χ1n) is 6.39. The molecule has 96 valence electrons. The minimum Gasteiger partial charge on any atom is -0.252 e. The summed E-state index contributed by atoms with van der Waals surface area (Å²) in [5.74, 6) is 0.197. The van der Waals surface area contributed by atoms with Gasteiger partial charge in [-0.3, -0.25) is 4.98 Å². The molecule has 0 aliphatic heterocycles. The van der Waals surface area contributed by atoms with Crippen molar-refractivity contribution < 1.29 is 4.39 Å². The summed E-state index contributed by atoms with van der Waals surface area (Å²) < 4.78 is 14.1. The maximum Gasteiger partial charge on any atom is 0.129 e. The predicted octanol–water partition coefficient (Wildman–Crippen LogP) is 4.79. The number of hydrogen-bond donors (Lipinski definition) is 0. The first-order chi connectivity index (χ1) is 8.29. The van der Waals surface area contributed by atoms with Crippen molar-refractivity contribution >= 4 is 10.9 Å². The lowest BCUT2D eigenvalue weighted by Crippen LogP contribution is -2.13. The van der Waals surface area contributed by atoms with Crippen LogP contribution >= 0.6 is 0 Å². The van der Waals surface area contributed by atoms with Gasteiger partial charge in [0.15, 0.2) is 0 Å². The van der Waals surface area contributed by atoms with Crippen LogP contribution in [0.5, 0.6) is 0 Å². The second kappa shape index (κ2) is 4.34. The lowest BCUT2D eigenvalue weighted by molar-refractivity contribution is 0.524. The molecule has 2 aromatic rings. The van der Waals surface area contributed by atoms with E-state index in [0.29, 0.717) is 5.92 Å². The van der Waals surface area contributed by atoms with E-state index in [-0.39, 0.29) is 11.2 Å². The Balaban J connectivity index is 2.64. The maximum absolute atomic E-state index is 14.1. The molecule has 0 bridgehead atoms. The Kier molecular flexibility index (Phi) is 3.14. The summed E-state index contributed by atoms with van der Waals surface area (Å²) in [4.78, 5) is 4.52. The molecule has 1 heterocycles. The number of nitrogens with zero attached hydrogens (tertiary/aromatic N) is 1. The molecule has 0 aliphatic carbocycles. The van der Waals surface area contributed by atoms with Crippen molar-refractivity contribution in [2.75, 3.05) is 0 Å². The standard InChI is InChI=1S/C16H20FN/c1-10(2)14-7-6-11-8-12(16(3,4)5)13(17)9-15(11)18-14/h6-10H,1-5H3. The lowest BCUT2D eigenvalue weighted by atomic mass is 9.86. The van der Waals surface area contributed by atoms with Crippen LogP contribution < -0.4 is 0 Å². The van der Waals surface area contributed by atoms with Crippen molar-refractivity contribution in [1.82, 2.24) is 4.98 Å². The molecule has 0 aliphatic rings. The minimum absolute atomic E-state index is 0.164. The van der Waals surface area contributed by atoms with E-state index in [4.69, 9.17) is 0 Å². The Morgan fingerprint density at radius 2 is 1.78 bits per heavy atom. The fourth-order valence-corrected chi connectivity index (χ4v) is 2.06. The summed E-state index contributed by atoms with van der Waals surface area (Å²) >= 11 is 0. The molecule has 0 radical (unpaired) electrons. The molecule has 0 amide bonds. The van der Waals surface area contributed by atoms with Crippen molar-refractivity contribution in [2.24, 2.45) is 0 Å². The zero-order valence-electron chi connectivity index (χ0n) is 11.7. The van der Waals surface area contributed by atoms with Gasteiger partial charge in [0, 0.05) is 17.1 Å². The number of benzene rings is 1. The van der Waals surface area contributed by atoms with Gasteiger partial charge in [0.25, 0.3) is 0 Å². The largest absolute Gasteiger partial charge is 0.252 e. The van der Waals surface area contributed by atoms with Crippen LogP contribution in [0, 0.1) is 5.82 Å². The van der Waals surface area contributed by atoms with Crippen molar-refractivity contribution in [2.45, 2.75) is 46.0 Å². The molecule has 0 N–H and O–H groups in total. The second-order valence-electron chi connectivity index (χ2n) is 6.17. The number of hydrogen-bond acceptors (Lipinski definition) is 1. The van der Waals surface area contributed by atoms with Crippen LogP contribution in [-0.2, 0) is 5.41 Å². The van der Waals surface area contributed by atoms with E-state index in [2.05, 4.69) is 18.8 Å². The van der Waals surface area contributed by atoms with Crippen LogP contribution in [0.2, 0.25) is 0 Å². The first-order valence-corrected chi connectivity index (χ1v) is 6.39. The van der Waals surface area contributed by atoms with Crippen LogP contribution in [0.15, 0.2) is 24.3 Å². The van der Waals surface area contributed by atoms with Gasteiger partial charge in [-0.2, -0.15) is 0 Å². The number of pyridine rings is 1. The number of rotatable bonds is 1. The van der Waals surface area contributed by atoms with Gasteiger partial charge in [-0.05, 0) is 29.0 Å². The zero-order valence-corrected chi connectivity index (χ0v) is 11.7. The monoisotopic (exact) mass is 245 g/mol. The normalized spacial score (nSPS) is 12.4. The topological polar surface area (TPSA) is 12.9 Å². The van der Waals surface area contributed by atoms with E-state index in [1.807, 2.05) is 39.0 Å². The average molecular weight is 245 g/mol. The van der Waals surface area contributed by atoms with Crippen molar-refractivity contribution in [3.05, 3.63) is 41.3 Å². The van der Waals surface area contributed by atoms with Gasteiger partial charge < -0.3 is 0 Å². The summed E-state index contributed by atoms with van der Waals surface area (Å²) in [6.07, 6.45) is 0. The molecule has 0 unspecified atom stereocenters. The van der Waals surface area contributed by atoms with Gasteiger partial charge in [0.2, 0.25) is 0 Å². The van der Waals surface area contributed by atoms with E-state index in [1.165, 1.54) is 0 Å². The third-order valence-corrected chi connectivity index (χ3v) is 3.20. The van der Waals surface area contributed by atoms with Crippen LogP contribution in [0.25, 0.3) is 10.9 Å². The Morgan fingerprint density at radius 1 is 1.11 bits per heavy atom. The highest BCUT2D eigenvalue weighted by molar-refractivity contribution is 5.80. The number of fused-ring (bicyclic) bond motifs is 1. The summed E-state index contributed by atoms with van der Waals surface area (Å²) in [5.41, 5.74) is 2.31. The first kappa shape index (κ1) is 13.0. The highest BCUT2D eigenvalue weighted by Gasteiger charge is 2.19. The van der Waals surface area contributed by atoms with Gasteiger partial charge in [0.05, 0.1) is 5.52 Å². The fraction of sp³-hybridized carbons (Fsp3) is 0.438. The molecule has 0 saturated heterocycles. The van der Waals surface area contributed by atoms with Crippen LogP contribution in [0.4, 0.5) is 4.39 Å². The van der Waals surface area contributed by atoms with Crippen molar-refractivity contribution in [1.29, 1.82) is 0 Å². The molecule has 0 spiro atoms. The quantitative estimate of drug-likeness (QED) is 0.703. The smallest absolute Gasteiger partial charge is 0.129 e. The molecule has 0 atom stereocenters. The molecule has 18 heavy (non-hydrogen) atoms. The minimum atomic E-state index is -0.186. The molecule has 0 saturated carbocycles. The number of aromatic nitrogens is 1.